The molecule has 0 aliphatic carbocycles. The second kappa shape index (κ2) is 7.90. The molecule has 1 aromatic carbocycles. The summed E-state index contributed by atoms with van der Waals surface area (Å²) < 4.78 is 1.63. The standard InChI is InChI=1S/C17H24ClN3O2/c1-4-15-20-14-7-5-6-13(18)16(14)17(23)21(15)9-8-12(22)10-19-11(2)3/h5-7,11-12,19,22H,4,8-10H2,1-3H3. The van der Waals surface area contributed by atoms with Gasteiger partial charge in [0.2, 0.25) is 0 Å². The number of nitrogens with one attached hydrogen (secondary N) is 1. The van der Waals surface area contributed by atoms with Crippen molar-refractivity contribution in [3.8, 4) is 0 Å². The molecule has 1 heterocycles. The Morgan fingerprint density at radius 1 is 1.39 bits per heavy atom. The minimum atomic E-state index is -0.504. The Morgan fingerprint density at radius 3 is 2.78 bits per heavy atom. The number of hydrogen-bond acceptors (Lipinski definition) is 4. The highest BCUT2D eigenvalue weighted by Gasteiger charge is 2.14. The van der Waals surface area contributed by atoms with E-state index in [1.807, 2.05) is 20.8 Å². The van der Waals surface area contributed by atoms with Crippen LogP contribution >= 0.6 is 11.6 Å². The van der Waals surface area contributed by atoms with Gasteiger partial charge in [-0.15, -0.1) is 0 Å². The smallest absolute Gasteiger partial charge is 0.262 e. The topological polar surface area (TPSA) is 67.2 Å². The SMILES string of the molecule is CCc1nc2cccc(Cl)c2c(=O)n1CCC(O)CNC(C)C. The van der Waals surface area contributed by atoms with Crippen LogP contribution in [0, 0.1) is 0 Å². The van der Waals surface area contributed by atoms with E-state index in [4.69, 9.17) is 11.6 Å². The number of fused-ring (bicyclic) bond motifs is 1. The van der Waals surface area contributed by atoms with Crippen LogP contribution in [0.2, 0.25) is 5.02 Å². The van der Waals surface area contributed by atoms with Crippen LogP contribution in [0.3, 0.4) is 0 Å². The second-order valence-corrected chi connectivity index (χ2v) is 6.38. The van der Waals surface area contributed by atoms with Gasteiger partial charge in [0.05, 0.1) is 22.0 Å². The predicted octanol–water partition coefficient (Wildman–Crippen LogP) is 2.36. The highest BCUT2D eigenvalue weighted by molar-refractivity contribution is 6.35. The van der Waals surface area contributed by atoms with Crippen molar-refractivity contribution < 1.29 is 5.11 Å². The molecular weight excluding hydrogens is 314 g/mol. The number of benzene rings is 1. The van der Waals surface area contributed by atoms with Gasteiger partial charge in [0.15, 0.2) is 0 Å². The van der Waals surface area contributed by atoms with Crippen LogP contribution in [0.15, 0.2) is 23.0 Å². The van der Waals surface area contributed by atoms with E-state index in [1.165, 1.54) is 0 Å². The first-order valence-corrected chi connectivity index (χ1v) is 8.41. The molecule has 0 aliphatic rings. The van der Waals surface area contributed by atoms with Gasteiger partial charge in [0.1, 0.15) is 5.82 Å². The van der Waals surface area contributed by atoms with Crippen LogP contribution in [0.25, 0.3) is 10.9 Å². The number of aliphatic hydroxyl groups excluding tert-OH is 1. The van der Waals surface area contributed by atoms with Crippen LogP contribution in [0.1, 0.15) is 33.0 Å². The quantitative estimate of drug-likeness (QED) is 0.814. The third kappa shape index (κ3) is 4.31. The van der Waals surface area contributed by atoms with Gasteiger partial charge in [-0.3, -0.25) is 9.36 Å². The molecule has 6 heteroatoms. The minimum absolute atomic E-state index is 0.138. The van der Waals surface area contributed by atoms with E-state index in [0.717, 1.165) is 0 Å². The maximum absolute atomic E-state index is 12.7. The number of aromatic nitrogens is 2. The molecule has 0 bridgehead atoms. The van der Waals surface area contributed by atoms with Gasteiger partial charge in [0.25, 0.3) is 5.56 Å². The molecule has 0 radical (unpaired) electrons. The summed E-state index contributed by atoms with van der Waals surface area (Å²) in [6.45, 7) is 6.96. The molecule has 5 nitrogen and oxygen atoms in total. The zero-order valence-corrected chi connectivity index (χ0v) is 14.6. The van der Waals surface area contributed by atoms with Gasteiger partial charge in [-0.2, -0.15) is 0 Å². The molecule has 23 heavy (non-hydrogen) atoms. The summed E-state index contributed by atoms with van der Waals surface area (Å²) in [5.41, 5.74) is 0.485. The Labute approximate surface area is 141 Å². The van der Waals surface area contributed by atoms with Crippen LogP contribution in [-0.2, 0) is 13.0 Å². The van der Waals surface area contributed by atoms with Crippen molar-refractivity contribution in [2.75, 3.05) is 6.54 Å². The lowest BCUT2D eigenvalue weighted by Gasteiger charge is -2.17. The molecule has 1 atom stereocenters. The maximum Gasteiger partial charge on any atom is 0.262 e. The van der Waals surface area contributed by atoms with Crippen molar-refractivity contribution in [3.05, 3.63) is 39.4 Å². The summed E-state index contributed by atoms with van der Waals surface area (Å²) in [6, 6.07) is 5.61. The predicted molar refractivity (Wildman–Crippen MR) is 94.2 cm³/mol. The molecule has 126 valence electrons. The Bertz CT molecular complexity index is 728. The van der Waals surface area contributed by atoms with E-state index in [9.17, 15) is 9.90 Å². The molecule has 2 aromatic rings. The molecule has 2 rings (SSSR count). The Morgan fingerprint density at radius 2 is 2.13 bits per heavy atom. The van der Waals surface area contributed by atoms with Crippen LogP contribution in [0.4, 0.5) is 0 Å². The maximum atomic E-state index is 12.7. The van der Waals surface area contributed by atoms with Gasteiger partial charge >= 0.3 is 0 Å². The number of aliphatic hydroxyl groups is 1. The monoisotopic (exact) mass is 337 g/mol. The average molecular weight is 338 g/mol. The van der Waals surface area contributed by atoms with Gasteiger partial charge < -0.3 is 10.4 Å². The number of rotatable bonds is 7. The molecule has 0 spiro atoms. The summed E-state index contributed by atoms with van der Waals surface area (Å²) in [5.74, 6) is 0.716. The van der Waals surface area contributed by atoms with E-state index >= 15 is 0 Å². The van der Waals surface area contributed by atoms with Crippen molar-refractivity contribution in [1.29, 1.82) is 0 Å². The molecular formula is C17H24ClN3O2. The van der Waals surface area contributed by atoms with Crippen LogP contribution in [0.5, 0.6) is 0 Å². The van der Waals surface area contributed by atoms with Crippen molar-refractivity contribution in [1.82, 2.24) is 14.9 Å². The van der Waals surface area contributed by atoms with E-state index < -0.39 is 6.10 Å². The lowest BCUT2D eigenvalue weighted by Crippen LogP contribution is -2.34. The van der Waals surface area contributed by atoms with Crippen LogP contribution < -0.4 is 10.9 Å². The largest absolute Gasteiger partial charge is 0.392 e. The van der Waals surface area contributed by atoms with E-state index in [1.54, 1.807) is 22.8 Å². The molecule has 1 aromatic heterocycles. The summed E-state index contributed by atoms with van der Waals surface area (Å²) in [4.78, 5) is 17.3. The van der Waals surface area contributed by atoms with Crippen molar-refractivity contribution in [2.45, 2.75) is 52.3 Å². The summed E-state index contributed by atoms with van der Waals surface area (Å²) in [5, 5.41) is 14.1. The molecule has 0 fully saturated rings. The van der Waals surface area contributed by atoms with Gasteiger partial charge in [-0.25, -0.2) is 4.98 Å². The fourth-order valence-corrected chi connectivity index (χ4v) is 2.77. The van der Waals surface area contributed by atoms with Crippen molar-refractivity contribution in [3.63, 3.8) is 0 Å². The van der Waals surface area contributed by atoms with E-state index in [0.29, 0.717) is 53.7 Å². The fraction of sp³-hybridized carbons (Fsp3) is 0.529. The molecule has 0 aliphatic heterocycles. The zero-order chi connectivity index (χ0) is 17.0. The molecule has 0 saturated carbocycles. The summed E-state index contributed by atoms with van der Waals surface area (Å²) in [7, 11) is 0. The lowest BCUT2D eigenvalue weighted by molar-refractivity contribution is 0.152. The first kappa shape index (κ1) is 17.9. The number of aryl methyl sites for hydroxylation is 1. The fourth-order valence-electron chi connectivity index (χ4n) is 2.52. The number of nitrogens with zero attached hydrogens (tertiary/aromatic N) is 2. The minimum Gasteiger partial charge on any atom is -0.392 e. The summed E-state index contributed by atoms with van der Waals surface area (Å²) in [6.07, 6.45) is 0.637. The third-order valence-electron chi connectivity index (χ3n) is 3.78. The van der Waals surface area contributed by atoms with E-state index in [2.05, 4.69) is 10.3 Å². The van der Waals surface area contributed by atoms with Gasteiger partial charge in [-0.05, 0) is 18.6 Å². The first-order valence-electron chi connectivity index (χ1n) is 8.03. The normalized spacial score (nSPS) is 13.0. The Kier molecular flexibility index (Phi) is 6.16. The molecule has 0 amide bonds. The zero-order valence-electron chi connectivity index (χ0n) is 13.8. The van der Waals surface area contributed by atoms with E-state index in [-0.39, 0.29) is 5.56 Å². The first-order chi connectivity index (χ1) is 10.9. The number of hydrogen-bond donors (Lipinski definition) is 2. The average Bonchev–Trinajstić information content (AvgIpc) is 2.51. The van der Waals surface area contributed by atoms with Gasteiger partial charge in [0, 0.05) is 25.6 Å². The molecule has 2 N–H and O–H groups in total. The van der Waals surface area contributed by atoms with Gasteiger partial charge in [-0.1, -0.05) is 38.4 Å². The highest BCUT2D eigenvalue weighted by Crippen LogP contribution is 2.19. The Balaban J connectivity index is 2.27. The molecule has 0 saturated heterocycles. The second-order valence-electron chi connectivity index (χ2n) is 5.98. The highest BCUT2D eigenvalue weighted by atomic mass is 35.5. The lowest BCUT2D eigenvalue weighted by atomic mass is 10.2. The third-order valence-corrected chi connectivity index (χ3v) is 4.09. The summed E-state index contributed by atoms with van der Waals surface area (Å²) >= 11 is 6.16. The van der Waals surface area contributed by atoms with Crippen molar-refractivity contribution >= 4 is 22.5 Å². The number of halogens is 1. The molecule has 1 unspecified atom stereocenters. The van der Waals surface area contributed by atoms with Crippen molar-refractivity contribution in [2.24, 2.45) is 0 Å². The van der Waals surface area contributed by atoms with Crippen LogP contribution in [-0.4, -0.2) is 33.3 Å². The Hall–Kier alpha value is -1.43.